The molecule has 5 heteroatoms. The lowest BCUT2D eigenvalue weighted by Crippen LogP contribution is -2.24. The van der Waals surface area contributed by atoms with Gasteiger partial charge in [0, 0.05) is 25.4 Å². The molecule has 0 spiro atoms. The van der Waals surface area contributed by atoms with Gasteiger partial charge in [0.15, 0.2) is 0 Å². The molecule has 0 saturated carbocycles. The zero-order valence-corrected chi connectivity index (χ0v) is 11.8. The first kappa shape index (κ1) is 14.7. The molecular formula is C16H17N3O2. The molecule has 2 rings (SSSR count). The summed E-state index contributed by atoms with van der Waals surface area (Å²) in [4.78, 5) is 27.7. The number of nitrogens with zero attached hydrogens (tertiary/aromatic N) is 1. The van der Waals surface area contributed by atoms with Crippen molar-refractivity contribution in [2.75, 3.05) is 5.32 Å². The summed E-state index contributed by atoms with van der Waals surface area (Å²) in [7, 11) is 0. The number of rotatable bonds is 5. The summed E-state index contributed by atoms with van der Waals surface area (Å²) in [6.45, 7) is 2.16. The van der Waals surface area contributed by atoms with E-state index in [9.17, 15) is 9.59 Å². The van der Waals surface area contributed by atoms with Gasteiger partial charge in [0.05, 0.1) is 11.3 Å². The van der Waals surface area contributed by atoms with E-state index in [1.165, 1.54) is 0 Å². The van der Waals surface area contributed by atoms with Crippen LogP contribution in [0.2, 0.25) is 0 Å². The van der Waals surface area contributed by atoms with E-state index in [-0.39, 0.29) is 11.8 Å². The summed E-state index contributed by atoms with van der Waals surface area (Å²) < 4.78 is 0. The normalized spacial score (nSPS) is 9.95. The van der Waals surface area contributed by atoms with E-state index in [4.69, 9.17) is 0 Å². The number of aromatic nitrogens is 1. The van der Waals surface area contributed by atoms with Gasteiger partial charge >= 0.3 is 0 Å². The highest BCUT2D eigenvalue weighted by atomic mass is 16.2. The third kappa shape index (κ3) is 4.14. The lowest BCUT2D eigenvalue weighted by molar-refractivity contribution is -0.115. The quantitative estimate of drug-likeness (QED) is 0.885. The van der Waals surface area contributed by atoms with Gasteiger partial charge in [0.2, 0.25) is 5.91 Å². The number of hydrogen-bond donors (Lipinski definition) is 2. The third-order valence-electron chi connectivity index (χ3n) is 2.94. The number of pyridine rings is 1. The maximum absolute atomic E-state index is 12.2. The van der Waals surface area contributed by atoms with E-state index in [2.05, 4.69) is 15.6 Å². The lowest BCUT2D eigenvalue weighted by atomic mass is 10.1. The Morgan fingerprint density at radius 2 is 1.95 bits per heavy atom. The Morgan fingerprint density at radius 3 is 2.67 bits per heavy atom. The van der Waals surface area contributed by atoms with Gasteiger partial charge in [-0.3, -0.25) is 14.6 Å². The van der Waals surface area contributed by atoms with Crippen LogP contribution in [0.4, 0.5) is 5.69 Å². The summed E-state index contributed by atoms with van der Waals surface area (Å²) in [5.74, 6) is -0.353. The van der Waals surface area contributed by atoms with E-state index in [1.807, 2.05) is 12.1 Å². The lowest BCUT2D eigenvalue weighted by Gasteiger charge is -2.11. The molecule has 5 nitrogen and oxygen atoms in total. The summed E-state index contributed by atoms with van der Waals surface area (Å²) in [6.07, 6.45) is 3.75. The minimum atomic E-state index is -0.231. The highest BCUT2D eigenvalue weighted by molar-refractivity contribution is 6.03. The van der Waals surface area contributed by atoms with E-state index >= 15 is 0 Å². The Hall–Kier alpha value is -2.69. The summed E-state index contributed by atoms with van der Waals surface area (Å²) in [5.41, 5.74) is 1.89. The van der Waals surface area contributed by atoms with E-state index < -0.39 is 0 Å². The average Bonchev–Trinajstić information content (AvgIpc) is 2.54. The zero-order valence-electron chi connectivity index (χ0n) is 11.8. The molecule has 1 aromatic carbocycles. The van der Waals surface area contributed by atoms with Gasteiger partial charge in [-0.15, -0.1) is 0 Å². The van der Waals surface area contributed by atoms with Crippen molar-refractivity contribution in [2.45, 2.75) is 19.9 Å². The van der Waals surface area contributed by atoms with Gasteiger partial charge in [-0.05, 0) is 23.8 Å². The summed E-state index contributed by atoms with van der Waals surface area (Å²) >= 11 is 0. The molecule has 0 unspecified atom stereocenters. The smallest absolute Gasteiger partial charge is 0.253 e. The number of benzene rings is 1. The Morgan fingerprint density at radius 1 is 1.14 bits per heavy atom. The Kier molecular flexibility index (Phi) is 5.04. The second-order valence-corrected chi connectivity index (χ2v) is 4.49. The fourth-order valence-electron chi connectivity index (χ4n) is 1.81. The number of carbonyl (C=O) groups excluding carboxylic acids is 2. The van der Waals surface area contributed by atoms with Crippen LogP contribution < -0.4 is 10.6 Å². The first-order chi connectivity index (χ1) is 10.2. The van der Waals surface area contributed by atoms with Crippen LogP contribution in [0.25, 0.3) is 0 Å². The maximum Gasteiger partial charge on any atom is 0.253 e. The fraction of sp³-hybridized carbons (Fsp3) is 0.188. The van der Waals surface area contributed by atoms with Crippen molar-refractivity contribution in [3.63, 3.8) is 0 Å². The van der Waals surface area contributed by atoms with Crippen LogP contribution in [-0.2, 0) is 11.3 Å². The Bertz CT molecular complexity index is 626. The van der Waals surface area contributed by atoms with Crippen LogP contribution in [0, 0.1) is 0 Å². The van der Waals surface area contributed by atoms with Crippen molar-refractivity contribution in [1.82, 2.24) is 10.3 Å². The van der Waals surface area contributed by atoms with Crippen molar-refractivity contribution in [1.29, 1.82) is 0 Å². The third-order valence-corrected chi connectivity index (χ3v) is 2.94. The highest BCUT2D eigenvalue weighted by Gasteiger charge is 2.12. The molecule has 2 aromatic rings. The zero-order chi connectivity index (χ0) is 15.1. The molecule has 2 amide bonds. The van der Waals surface area contributed by atoms with Crippen LogP contribution in [0.5, 0.6) is 0 Å². The van der Waals surface area contributed by atoms with Crippen LogP contribution in [-0.4, -0.2) is 16.8 Å². The van der Waals surface area contributed by atoms with Crippen molar-refractivity contribution in [2.24, 2.45) is 0 Å². The fourth-order valence-corrected chi connectivity index (χ4v) is 1.81. The van der Waals surface area contributed by atoms with E-state index in [0.29, 0.717) is 24.2 Å². The number of carbonyl (C=O) groups is 2. The molecule has 1 heterocycles. The van der Waals surface area contributed by atoms with Gasteiger partial charge in [0.1, 0.15) is 0 Å². The van der Waals surface area contributed by atoms with Crippen LogP contribution in [0.15, 0.2) is 48.8 Å². The number of para-hydroxylation sites is 1. The molecule has 21 heavy (non-hydrogen) atoms. The SMILES string of the molecule is CCC(=O)Nc1ccccc1C(=O)NCc1cccnc1. The Balaban J connectivity index is 2.07. The predicted octanol–water partition coefficient (Wildman–Crippen LogP) is 2.36. The number of anilines is 1. The first-order valence-electron chi connectivity index (χ1n) is 6.76. The highest BCUT2D eigenvalue weighted by Crippen LogP contribution is 2.15. The second kappa shape index (κ2) is 7.19. The van der Waals surface area contributed by atoms with Gasteiger partial charge in [-0.2, -0.15) is 0 Å². The largest absolute Gasteiger partial charge is 0.348 e. The minimum absolute atomic E-state index is 0.123. The molecule has 108 valence electrons. The predicted molar refractivity (Wildman–Crippen MR) is 80.8 cm³/mol. The molecular weight excluding hydrogens is 266 g/mol. The molecule has 0 saturated heterocycles. The number of hydrogen-bond acceptors (Lipinski definition) is 3. The van der Waals surface area contributed by atoms with Crippen molar-refractivity contribution in [3.05, 3.63) is 59.9 Å². The van der Waals surface area contributed by atoms with E-state index in [0.717, 1.165) is 5.56 Å². The van der Waals surface area contributed by atoms with Gasteiger partial charge in [-0.1, -0.05) is 25.1 Å². The molecule has 0 aliphatic rings. The second-order valence-electron chi connectivity index (χ2n) is 4.49. The monoisotopic (exact) mass is 283 g/mol. The van der Waals surface area contributed by atoms with Crippen LogP contribution in [0.3, 0.4) is 0 Å². The molecule has 0 atom stereocenters. The first-order valence-corrected chi connectivity index (χ1v) is 6.76. The van der Waals surface area contributed by atoms with Crippen LogP contribution in [0.1, 0.15) is 29.3 Å². The number of amides is 2. The van der Waals surface area contributed by atoms with Crippen LogP contribution >= 0.6 is 0 Å². The Labute approximate surface area is 123 Å². The maximum atomic E-state index is 12.2. The van der Waals surface area contributed by atoms with Gasteiger partial charge in [-0.25, -0.2) is 0 Å². The molecule has 0 fully saturated rings. The average molecular weight is 283 g/mol. The topological polar surface area (TPSA) is 71.1 Å². The molecule has 0 aliphatic carbocycles. The van der Waals surface area contributed by atoms with Crippen molar-refractivity contribution in [3.8, 4) is 0 Å². The molecule has 0 aliphatic heterocycles. The molecule has 2 N–H and O–H groups in total. The van der Waals surface area contributed by atoms with Crippen molar-refractivity contribution >= 4 is 17.5 Å². The van der Waals surface area contributed by atoms with E-state index in [1.54, 1.807) is 43.6 Å². The standard InChI is InChI=1S/C16H17N3O2/c1-2-15(20)19-14-8-4-3-7-13(14)16(21)18-11-12-6-5-9-17-10-12/h3-10H,2,11H2,1H3,(H,18,21)(H,19,20). The summed E-state index contributed by atoms with van der Waals surface area (Å²) in [5, 5.41) is 5.54. The van der Waals surface area contributed by atoms with Gasteiger partial charge < -0.3 is 10.6 Å². The van der Waals surface area contributed by atoms with Gasteiger partial charge in [0.25, 0.3) is 5.91 Å². The minimum Gasteiger partial charge on any atom is -0.348 e. The van der Waals surface area contributed by atoms with Crippen molar-refractivity contribution < 1.29 is 9.59 Å². The molecule has 0 bridgehead atoms. The summed E-state index contributed by atoms with van der Waals surface area (Å²) in [6, 6.07) is 10.6. The number of nitrogens with one attached hydrogen (secondary N) is 2. The molecule has 0 radical (unpaired) electrons. The molecule has 1 aromatic heterocycles.